The van der Waals surface area contributed by atoms with Crippen molar-refractivity contribution in [2.24, 2.45) is 0 Å². The van der Waals surface area contributed by atoms with Crippen LogP contribution in [0, 0.1) is 0 Å². The van der Waals surface area contributed by atoms with Gasteiger partial charge in [0.15, 0.2) is 0 Å². The van der Waals surface area contributed by atoms with Gasteiger partial charge in [0.2, 0.25) is 0 Å². The number of rotatable bonds is 6. The quantitative estimate of drug-likeness (QED) is 0.836. The van der Waals surface area contributed by atoms with Crippen LogP contribution < -0.4 is 5.32 Å². The van der Waals surface area contributed by atoms with Crippen LogP contribution in [0.25, 0.3) is 0 Å². The fraction of sp³-hybridized carbons (Fsp3) is 0.333. The van der Waals surface area contributed by atoms with Crippen LogP contribution in [0.15, 0.2) is 45.6 Å². The normalized spacial score (nSPS) is 12.6. The molecule has 1 heterocycles. The lowest BCUT2D eigenvalue weighted by molar-refractivity contribution is 0.549. The van der Waals surface area contributed by atoms with Crippen LogP contribution in [0.4, 0.5) is 0 Å². The van der Waals surface area contributed by atoms with Gasteiger partial charge in [-0.15, -0.1) is 0 Å². The molecular formula is C15H18BrNS. The molecule has 2 aromatic rings. The van der Waals surface area contributed by atoms with E-state index in [1.807, 2.05) is 0 Å². The highest BCUT2D eigenvalue weighted by molar-refractivity contribution is 9.10. The summed E-state index contributed by atoms with van der Waals surface area (Å²) in [7, 11) is 0. The predicted molar refractivity (Wildman–Crippen MR) is 83.3 cm³/mol. The van der Waals surface area contributed by atoms with E-state index in [1.54, 1.807) is 11.3 Å². The molecule has 1 atom stereocenters. The molecule has 18 heavy (non-hydrogen) atoms. The maximum Gasteiger partial charge on any atom is 0.0175 e. The third kappa shape index (κ3) is 4.56. The molecule has 0 radical (unpaired) electrons. The highest BCUT2D eigenvalue weighted by Crippen LogP contribution is 2.12. The Labute approximate surface area is 121 Å². The first-order valence-corrected chi connectivity index (χ1v) is 7.96. The van der Waals surface area contributed by atoms with Crippen molar-refractivity contribution in [2.45, 2.75) is 25.8 Å². The molecule has 0 fully saturated rings. The molecule has 1 aromatic carbocycles. The molecule has 96 valence electrons. The average Bonchev–Trinajstić information content (AvgIpc) is 2.85. The van der Waals surface area contributed by atoms with E-state index in [1.165, 1.54) is 11.1 Å². The van der Waals surface area contributed by atoms with Gasteiger partial charge in [-0.3, -0.25) is 0 Å². The van der Waals surface area contributed by atoms with Crippen molar-refractivity contribution in [3.63, 3.8) is 0 Å². The molecule has 0 spiro atoms. The summed E-state index contributed by atoms with van der Waals surface area (Å²) in [6, 6.07) is 11.3. The van der Waals surface area contributed by atoms with E-state index in [4.69, 9.17) is 0 Å². The maximum atomic E-state index is 3.58. The molecule has 0 aliphatic carbocycles. The fourth-order valence-corrected chi connectivity index (χ4v) is 2.91. The second-order valence-corrected chi connectivity index (χ2v) is 6.26. The summed E-state index contributed by atoms with van der Waals surface area (Å²) < 4.78 is 1.14. The summed E-state index contributed by atoms with van der Waals surface area (Å²) in [5, 5.41) is 7.94. The molecule has 1 aromatic heterocycles. The summed E-state index contributed by atoms with van der Waals surface area (Å²) in [6.07, 6.45) is 2.20. The number of thiophene rings is 1. The van der Waals surface area contributed by atoms with E-state index in [0.29, 0.717) is 6.04 Å². The molecule has 1 unspecified atom stereocenters. The van der Waals surface area contributed by atoms with Crippen molar-refractivity contribution >= 4 is 27.3 Å². The van der Waals surface area contributed by atoms with Crippen LogP contribution in [0.2, 0.25) is 0 Å². The zero-order valence-corrected chi connectivity index (χ0v) is 12.9. The van der Waals surface area contributed by atoms with Gasteiger partial charge in [0, 0.05) is 10.5 Å². The molecule has 0 amide bonds. The summed E-state index contributed by atoms with van der Waals surface area (Å²) in [6.45, 7) is 3.30. The lowest BCUT2D eigenvalue weighted by atomic mass is 10.1. The van der Waals surface area contributed by atoms with Crippen molar-refractivity contribution in [3.8, 4) is 0 Å². The van der Waals surface area contributed by atoms with Gasteiger partial charge in [0.05, 0.1) is 0 Å². The molecule has 2 rings (SSSR count). The van der Waals surface area contributed by atoms with Gasteiger partial charge < -0.3 is 5.32 Å². The highest BCUT2D eigenvalue weighted by Gasteiger charge is 2.03. The van der Waals surface area contributed by atoms with Gasteiger partial charge in [0.1, 0.15) is 0 Å². The Morgan fingerprint density at radius 1 is 1.17 bits per heavy atom. The van der Waals surface area contributed by atoms with Gasteiger partial charge in [-0.2, -0.15) is 11.3 Å². The lowest BCUT2D eigenvalue weighted by Crippen LogP contribution is -2.29. The smallest absolute Gasteiger partial charge is 0.0175 e. The standard InChI is InChI=1S/C15H18BrNS/c1-12(10-13-2-4-15(16)5-3-13)17-8-6-14-7-9-18-11-14/h2-5,7,9,11-12,17H,6,8,10H2,1H3. The highest BCUT2D eigenvalue weighted by atomic mass is 79.9. The van der Waals surface area contributed by atoms with E-state index in [2.05, 4.69) is 69.3 Å². The van der Waals surface area contributed by atoms with Crippen LogP contribution >= 0.6 is 27.3 Å². The number of benzene rings is 1. The Kier molecular flexibility index (Phi) is 5.42. The van der Waals surface area contributed by atoms with Gasteiger partial charge in [-0.25, -0.2) is 0 Å². The molecule has 0 aliphatic heterocycles. The second-order valence-electron chi connectivity index (χ2n) is 4.57. The average molecular weight is 324 g/mol. The zero-order chi connectivity index (χ0) is 12.8. The minimum absolute atomic E-state index is 0.518. The van der Waals surface area contributed by atoms with Crippen LogP contribution in [0.1, 0.15) is 18.1 Å². The summed E-state index contributed by atoms with van der Waals surface area (Å²) in [5.41, 5.74) is 2.82. The third-order valence-electron chi connectivity index (χ3n) is 2.94. The monoisotopic (exact) mass is 323 g/mol. The first kappa shape index (κ1) is 13.8. The number of halogens is 1. The number of hydrogen-bond donors (Lipinski definition) is 1. The van der Waals surface area contributed by atoms with E-state index in [-0.39, 0.29) is 0 Å². The SMILES string of the molecule is CC(Cc1ccc(Br)cc1)NCCc1ccsc1. The molecule has 1 N–H and O–H groups in total. The number of nitrogens with one attached hydrogen (secondary N) is 1. The van der Waals surface area contributed by atoms with Crippen LogP contribution in [0.5, 0.6) is 0 Å². The van der Waals surface area contributed by atoms with Gasteiger partial charge in [-0.05, 0) is 66.4 Å². The largest absolute Gasteiger partial charge is 0.314 e. The van der Waals surface area contributed by atoms with E-state index in [0.717, 1.165) is 23.9 Å². The van der Waals surface area contributed by atoms with Crippen molar-refractivity contribution in [1.29, 1.82) is 0 Å². The third-order valence-corrected chi connectivity index (χ3v) is 4.20. The number of hydrogen-bond acceptors (Lipinski definition) is 2. The zero-order valence-electron chi connectivity index (χ0n) is 10.5. The van der Waals surface area contributed by atoms with Crippen molar-refractivity contribution in [1.82, 2.24) is 5.32 Å². The molecule has 1 nitrogen and oxygen atoms in total. The Balaban J connectivity index is 1.71. The summed E-state index contributed by atoms with van der Waals surface area (Å²) in [5.74, 6) is 0. The first-order valence-electron chi connectivity index (χ1n) is 6.23. The Morgan fingerprint density at radius 3 is 2.61 bits per heavy atom. The minimum Gasteiger partial charge on any atom is -0.314 e. The topological polar surface area (TPSA) is 12.0 Å². The minimum atomic E-state index is 0.518. The Hall–Kier alpha value is -0.640. The first-order chi connectivity index (χ1) is 8.74. The van der Waals surface area contributed by atoms with Crippen molar-refractivity contribution < 1.29 is 0 Å². The van der Waals surface area contributed by atoms with Crippen LogP contribution in [-0.2, 0) is 12.8 Å². The molecule has 0 bridgehead atoms. The Bertz CT molecular complexity index is 450. The lowest BCUT2D eigenvalue weighted by Gasteiger charge is -2.13. The molecule has 0 aliphatic rings. The van der Waals surface area contributed by atoms with Gasteiger partial charge in [0.25, 0.3) is 0 Å². The fourth-order valence-electron chi connectivity index (χ4n) is 1.94. The summed E-state index contributed by atoms with van der Waals surface area (Å²) in [4.78, 5) is 0. The van der Waals surface area contributed by atoms with E-state index in [9.17, 15) is 0 Å². The van der Waals surface area contributed by atoms with Crippen molar-refractivity contribution in [2.75, 3.05) is 6.54 Å². The second kappa shape index (κ2) is 7.07. The van der Waals surface area contributed by atoms with E-state index >= 15 is 0 Å². The molecule has 0 saturated carbocycles. The van der Waals surface area contributed by atoms with Crippen LogP contribution in [-0.4, -0.2) is 12.6 Å². The Morgan fingerprint density at radius 2 is 1.94 bits per heavy atom. The molecule has 3 heteroatoms. The maximum absolute atomic E-state index is 3.58. The predicted octanol–water partition coefficient (Wildman–Crippen LogP) is 4.27. The van der Waals surface area contributed by atoms with Gasteiger partial charge >= 0.3 is 0 Å². The van der Waals surface area contributed by atoms with Gasteiger partial charge in [-0.1, -0.05) is 28.1 Å². The van der Waals surface area contributed by atoms with E-state index < -0.39 is 0 Å². The summed E-state index contributed by atoms with van der Waals surface area (Å²) >= 11 is 5.23. The molecule has 0 saturated heterocycles. The van der Waals surface area contributed by atoms with Crippen LogP contribution in [0.3, 0.4) is 0 Å². The van der Waals surface area contributed by atoms with Crippen molar-refractivity contribution in [3.05, 3.63) is 56.7 Å². The molecular weight excluding hydrogens is 306 g/mol.